The summed E-state index contributed by atoms with van der Waals surface area (Å²) in [5.41, 5.74) is 13.1. The summed E-state index contributed by atoms with van der Waals surface area (Å²) in [6, 6.07) is 0.259. The number of pyridine rings is 1. The summed E-state index contributed by atoms with van der Waals surface area (Å²) in [7, 11) is 0. The van der Waals surface area contributed by atoms with Gasteiger partial charge in [0.05, 0.1) is 12.2 Å². The van der Waals surface area contributed by atoms with Crippen molar-refractivity contribution in [2.24, 2.45) is 5.73 Å². The Labute approximate surface area is 196 Å². The average Bonchev–Trinajstić information content (AvgIpc) is 3.44. The maximum absolute atomic E-state index is 11.3. The maximum Gasteiger partial charge on any atom is 0.231 e. The molecule has 1 saturated heterocycles. The Morgan fingerprint density at radius 1 is 1.30 bits per heavy atom. The summed E-state index contributed by atoms with van der Waals surface area (Å²) in [5, 5.41) is 5.39. The molecule has 0 aliphatic carbocycles. The van der Waals surface area contributed by atoms with Crippen molar-refractivity contribution in [2.45, 2.75) is 46.6 Å². The maximum atomic E-state index is 11.3. The molecule has 4 aromatic rings. The smallest absolute Gasteiger partial charge is 0.231 e. The number of aryl methyl sites for hydroxylation is 1. The third kappa shape index (κ3) is 3.67. The number of carbonyl (C=O) groups excluding carboxylic acids is 1. The molecule has 5 heterocycles. The third-order valence-electron chi connectivity index (χ3n) is 6.69. The van der Waals surface area contributed by atoms with E-state index in [9.17, 15) is 4.79 Å². The number of nitrogens with one attached hydrogen (secondary N) is 1. The lowest BCUT2D eigenvalue weighted by Gasteiger charge is -2.39. The van der Waals surface area contributed by atoms with Crippen LogP contribution >= 0.6 is 11.3 Å². The summed E-state index contributed by atoms with van der Waals surface area (Å²) < 4.78 is 1.85. The number of anilines is 1. The number of hydrogen-bond acceptors (Lipinski definition) is 7. The monoisotopic (exact) mass is 466 g/mol. The zero-order chi connectivity index (χ0) is 23.4. The quantitative estimate of drug-likeness (QED) is 0.468. The van der Waals surface area contributed by atoms with Gasteiger partial charge in [-0.3, -0.25) is 9.69 Å². The molecule has 1 amide bonds. The van der Waals surface area contributed by atoms with Gasteiger partial charge < -0.3 is 15.6 Å². The van der Waals surface area contributed by atoms with Crippen molar-refractivity contribution in [3.05, 3.63) is 29.2 Å². The average molecular weight is 467 g/mol. The number of piperazine rings is 1. The largest absolute Gasteiger partial charge is 0.369 e. The predicted molar refractivity (Wildman–Crippen MR) is 132 cm³/mol. The van der Waals surface area contributed by atoms with Gasteiger partial charge >= 0.3 is 0 Å². The third-order valence-corrected chi connectivity index (χ3v) is 7.70. The molecular weight excluding hydrogens is 436 g/mol. The Kier molecular flexibility index (Phi) is 5.37. The highest BCUT2D eigenvalue weighted by atomic mass is 32.1. The Morgan fingerprint density at radius 3 is 2.79 bits per heavy atom. The number of thiazole rings is 1. The fraction of sp³-hybridized carbons (Fsp3) is 0.478. The molecule has 0 radical (unpaired) electrons. The number of carbonyl (C=O) groups is 1. The molecule has 0 bridgehead atoms. The molecule has 174 valence electrons. The van der Waals surface area contributed by atoms with Crippen LogP contribution in [-0.4, -0.2) is 67.6 Å². The van der Waals surface area contributed by atoms with Crippen LogP contribution in [0.25, 0.3) is 27.3 Å². The lowest BCUT2D eigenvalue weighted by molar-refractivity contribution is -0.119. The Morgan fingerprint density at radius 2 is 2.09 bits per heavy atom. The summed E-state index contributed by atoms with van der Waals surface area (Å²) in [4.78, 5) is 30.1. The summed E-state index contributed by atoms with van der Waals surface area (Å²) in [5.74, 6) is 0.0293. The number of nitrogens with two attached hydrogens (primary N) is 1. The highest BCUT2D eigenvalue weighted by molar-refractivity contribution is 7.21. The van der Waals surface area contributed by atoms with E-state index in [1.54, 1.807) is 17.7 Å². The first kappa shape index (κ1) is 21.8. The number of nitrogens with zero attached hydrogens (tertiary/aromatic N) is 6. The lowest BCUT2D eigenvalue weighted by atomic mass is 9.96. The number of fused-ring (bicyclic) bond motifs is 2. The van der Waals surface area contributed by atoms with Gasteiger partial charge in [-0.25, -0.2) is 14.5 Å². The molecule has 33 heavy (non-hydrogen) atoms. The molecule has 0 saturated carbocycles. The molecule has 1 fully saturated rings. The van der Waals surface area contributed by atoms with Crippen molar-refractivity contribution in [3.8, 4) is 11.3 Å². The van der Waals surface area contributed by atoms with E-state index in [0.29, 0.717) is 12.5 Å². The van der Waals surface area contributed by atoms with Crippen LogP contribution in [0.5, 0.6) is 0 Å². The molecule has 1 atom stereocenters. The van der Waals surface area contributed by atoms with E-state index in [1.165, 1.54) is 11.1 Å². The second kappa shape index (κ2) is 8.11. The molecule has 0 unspecified atom stereocenters. The fourth-order valence-electron chi connectivity index (χ4n) is 4.91. The van der Waals surface area contributed by atoms with Crippen molar-refractivity contribution in [1.82, 2.24) is 29.5 Å². The van der Waals surface area contributed by atoms with Gasteiger partial charge in [0.2, 0.25) is 5.91 Å². The standard InChI is InChI=1S/C23H30N8OS/c1-12(2)18-19(16-9-31-21(25-11-26-31)15(5)14(16)4)27-22-20(18)28-23(33-22)30-7-6-29(8-13(30)3)10-17(24)32/h9,11-13,27H,6-8,10H2,1-5H3,(H2,24,32)/t13-/m1/s1. The van der Waals surface area contributed by atoms with Crippen LogP contribution in [0, 0.1) is 13.8 Å². The van der Waals surface area contributed by atoms with Crippen molar-refractivity contribution >= 4 is 38.4 Å². The van der Waals surface area contributed by atoms with Crippen LogP contribution in [0.1, 0.15) is 43.4 Å². The minimum Gasteiger partial charge on any atom is -0.369 e. The van der Waals surface area contributed by atoms with Crippen LogP contribution in [0.2, 0.25) is 0 Å². The summed E-state index contributed by atoms with van der Waals surface area (Å²) in [6.07, 6.45) is 3.66. The number of amides is 1. The molecule has 1 aliphatic heterocycles. The highest BCUT2D eigenvalue weighted by Crippen LogP contribution is 2.41. The zero-order valence-electron chi connectivity index (χ0n) is 19.7. The number of primary amides is 1. The minimum atomic E-state index is -0.276. The number of rotatable bonds is 5. The Bertz CT molecular complexity index is 1350. The highest BCUT2D eigenvalue weighted by Gasteiger charge is 2.29. The Balaban J connectivity index is 1.54. The van der Waals surface area contributed by atoms with E-state index >= 15 is 0 Å². The van der Waals surface area contributed by atoms with Crippen molar-refractivity contribution in [1.29, 1.82) is 0 Å². The molecular formula is C23H30N8OS. The predicted octanol–water partition coefficient (Wildman–Crippen LogP) is 3.07. The molecule has 3 N–H and O–H groups in total. The topological polar surface area (TPSA) is 108 Å². The van der Waals surface area contributed by atoms with Gasteiger partial charge in [0.1, 0.15) is 16.7 Å². The molecule has 5 rings (SSSR count). The lowest BCUT2D eigenvalue weighted by Crippen LogP contribution is -2.53. The van der Waals surface area contributed by atoms with E-state index in [-0.39, 0.29) is 11.9 Å². The van der Waals surface area contributed by atoms with Crippen molar-refractivity contribution in [2.75, 3.05) is 31.1 Å². The van der Waals surface area contributed by atoms with Crippen LogP contribution < -0.4 is 10.6 Å². The number of H-pyrrole nitrogens is 1. The van der Waals surface area contributed by atoms with E-state index < -0.39 is 0 Å². The minimum absolute atomic E-state index is 0.259. The number of aromatic amines is 1. The molecule has 9 nitrogen and oxygen atoms in total. The van der Waals surface area contributed by atoms with E-state index in [4.69, 9.17) is 10.7 Å². The van der Waals surface area contributed by atoms with Crippen LogP contribution in [0.4, 0.5) is 5.13 Å². The molecule has 0 spiro atoms. The SMILES string of the molecule is Cc1c(-c2[nH]c3sc(N4CCN(CC(N)=O)C[C@H]4C)nc3c2C(C)C)cn2ncnc2c1C. The molecule has 4 aromatic heterocycles. The number of aromatic nitrogens is 5. The van der Waals surface area contributed by atoms with Crippen LogP contribution in [0.3, 0.4) is 0 Å². The number of hydrogen-bond donors (Lipinski definition) is 2. The molecule has 10 heteroatoms. The normalized spacial score (nSPS) is 17.6. The fourth-order valence-corrected chi connectivity index (χ4v) is 6.02. The van der Waals surface area contributed by atoms with Gasteiger partial charge in [-0.1, -0.05) is 25.2 Å². The van der Waals surface area contributed by atoms with Gasteiger partial charge in [-0.2, -0.15) is 5.10 Å². The Hall–Kier alpha value is -2.98. The van der Waals surface area contributed by atoms with Crippen LogP contribution in [-0.2, 0) is 4.79 Å². The second-order valence-electron chi connectivity index (χ2n) is 9.31. The van der Waals surface area contributed by atoms with Gasteiger partial charge in [0, 0.05) is 43.0 Å². The van der Waals surface area contributed by atoms with Crippen LogP contribution in [0.15, 0.2) is 12.5 Å². The molecule has 0 aromatic carbocycles. The van der Waals surface area contributed by atoms with Gasteiger partial charge in [0.25, 0.3) is 0 Å². The van der Waals surface area contributed by atoms with E-state index in [1.807, 2.05) is 4.52 Å². The van der Waals surface area contributed by atoms with Gasteiger partial charge in [-0.05, 0) is 37.8 Å². The van der Waals surface area contributed by atoms with Gasteiger partial charge in [-0.15, -0.1) is 0 Å². The van der Waals surface area contributed by atoms with Crippen molar-refractivity contribution in [3.63, 3.8) is 0 Å². The summed E-state index contributed by atoms with van der Waals surface area (Å²) in [6.45, 7) is 13.6. The first-order valence-electron chi connectivity index (χ1n) is 11.3. The first-order valence-corrected chi connectivity index (χ1v) is 12.2. The first-order chi connectivity index (χ1) is 15.7. The summed E-state index contributed by atoms with van der Waals surface area (Å²) >= 11 is 1.70. The molecule has 1 aliphatic rings. The van der Waals surface area contributed by atoms with Crippen molar-refractivity contribution < 1.29 is 4.79 Å². The second-order valence-corrected chi connectivity index (χ2v) is 10.3. The van der Waals surface area contributed by atoms with Gasteiger partial charge in [0.15, 0.2) is 10.8 Å². The van der Waals surface area contributed by atoms with E-state index in [0.717, 1.165) is 57.6 Å². The van der Waals surface area contributed by atoms with E-state index in [2.05, 4.69) is 65.7 Å². The zero-order valence-corrected chi connectivity index (χ0v) is 20.5.